The molecule has 6 rings (SSSR count). The van der Waals surface area contributed by atoms with Gasteiger partial charge in [0.05, 0.1) is 31.6 Å². The molecule has 0 spiro atoms. The first kappa shape index (κ1) is 25.7. The molecule has 0 bridgehead atoms. The lowest BCUT2D eigenvalue weighted by molar-refractivity contribution is -0.109. The average molecular weight is 538 g/mol. The van der Waals surface area contributed by atoms with Gasteiger partial charge >= 0.3 is 0 Å². The summed E-state index contributed by atoms with van der Waals surface area (Å²) in [6.45, 7) is 5.35. The SMILES string of the molecule is CNc1ncc(-c2cc3c(c(Nc4ccc(-c5cnn(CCN6CCOCC6)c5)cc4)n2)C(C=O)NC=C3)cn1. The third kappa shape index (κ3) is 5.56. The van der Waals surface area contributed by atoms with Gasteiger partial charge in [-0.3, -0.25) is 9.58 Å². The van der Waals surface area contributed by atoms with Gasteiger partial charge in [-0.25, -0.2) is 15.0 Å². The molecule has 0 radical (unpaired) electrons. The van der Waals surface area contributed by atoms with Crippen molar-refractivity contribution in [1.29, 1.82) is 0 Å². The Morgan fingerprint density at radius 1 is 1.05 bits per heavy atom. The number of fused-ring (bicyclic) bond motifs is 1. The van der Waals surface area contributed by atoms with E-state index in [0.717, 1.165) is 79.2 Å². The zero-order valence-corrected chi connectivity index (χ0v) is 22.2. The van der Waals surface area contributed by atoms with E-state index in [1.807, 2.05) is 35.2 Å². The van der Waals surface area contributed by atoms with Crippen molar-refractivity contribution in [2.24, 2.45) is 0 Å². The van der Waals surface area contributed by atoms with Crippen LogP contribution in [0.4, 0.5) is 17.5 Å². The predicted molar refractivity (Wildman–Crippen MR) is 154 cm³/mol. The lowest BCUT2D eigenvalue weighted by Crippen LogP contribution is -2.38. The molecule has 1 unspecified atom stereocenters. The smallest absolute Gasteiger partial charge is 0.222 e. The maximum Gasteiger partial charge on any atom is 0.222 e. The van der Waals surface area contributed by atoms with Gasteiger partial charge in [-0.2, -0.15) is 5.10 Å². The molecule has 11 heteroatoms. The van der Waals surface area contributed by atoms with E-state index in [1.54, 1.807) is 25.6 Å². The number of morpholine rings is 1. The van der Waals surface area contributed by atoms with E-state index in [0.29, 0.717) is 17.5 Å². The minimum atomic E-state index is -0.505. The highest BCUT2D eigenvalue weighted by Gasteiger charge is 2.23. The Bertz CT molecular complexity index is 1490. The van der Waals surface area contributed by atoms with Crippen molar-refractivity contribution in [2.45, 2.75) is 12.6 Å². The largest absolute Gasteiger partial charge is 0.379 e. The molecule has 2 aliphatic heterocycles. The number of carbonyl (C=O) groups excluding carboxylic acids is 1. The minimum absolute atomic E-state index is 0.505. The molecule has 0 aliphatic carbocycles. The van der Waals surface area contributed by atoms with Crippen molar-refractivity contribution < 1.29 is 9.53 Å². The van der Waals surface area contributed by atoms with Crippen molar-refractivity contribution >= 4 is 29.8 Å². The Kier molecular flexibility index (Phi) is 7.47. The third-order valence-corrected chi connectivity index (χ3v) is 7.11. The van der Waals surface area contributed by atoms with E-state index in [1.165, 1.54) is 0 Å². The second-order valence-electron chi connectivity index (χ2n) is 9.67. The first-order valence-corrected chi connectivity index (χ1v) is 13.3. The van der Waals surface area contributed by atoms with Crippen molar-refractivity contribution in [3.8, 4) is 22.4 Å². The number of pyridine rings is 1. The molecular formula is C29H31N9O2. The molecule has 11 nitrogen and oxygen atoms in total. The van der Waals surface area contributed by atoms with Crippen LogP contribution in [0, 0.1) is 0 Å². The summed E-state index contributed by atoms with van der Waals surface area (Å²) in [5.74, 6) is 1.13. The number of hydrogen-bond donors (Lipinski definition) is 3. The average Bonchev–Trinajstić information content (AvgIpc) is 3.49. The van der Waals surface area contributed by atoms with Crippen LogP contribution < -0.4 is 16.0 Å². The molecule has 3 aromatic heterocycles. The van der Waals surface area contributed by atoms with Crippen molar-refractivity contribution in [3.63, 3.8) is 0 Å². The number of aldehydes is 1. The standard InChI is InChI=1S/C29H31N9O2/c1-30-29-32-15-22(16-33-29)25-14-21-6-7-31-26(19-39)27(21)28(36-25)35-24-4-2-20(3-5-24)23-17-34-38(18-23)9-8-37-10-12-40-13-11-37/h2-7,14-19,26,31H,8-13H2,1H3,(H,35,36)(H,30,32,33). The second kappa shape index (κ2) is 11.6. The number of aromatic nitrogens is 5. The van der Waals surface area contributed by atoms with E-state index in [2.05, 4.69) is 54.2 Å². The number of nitrogens with one attached hydrogen (secondary N) is 3. The molecule has 4 aromatic rings. The van der Waals surface area contributed by atoms with Crippen molar-refractivity contribution in [2.75, 3.05) is 50.5 Å². The summed E-state index contributed by atoms with van der Waals surface area (Å²) in [5.41, 5.74) is 6.18. The van der Waals surface area contributed by atoms with Crippen molar-refractivity contribution in [1.82, 2.24) is 34.9 Å². The van der Waals surface area contributed by atoms with Crippen LogP contribution in [0.15, 0.2) is 61.3 Å². The summed E-state index contributed by atoms with van der Waals surface area (Å²) in [5, 5.41) is 14.0. The van der Waals surface area contributed by atoms with Crippen LogP contribution in [0.5, 0.6) is 0 Å². The molecule has 0 saturated carbocycles. The quantitative estimate of drug-likeness (QED) is 0.274. The lowest BCUT2D eigenvalue weighted by atomic mass is 9.97. The Morgan fingerprint density at radius 2 is 1.85 bits per heavy atom. The number of nitrogens with zero attached hydrogens (tertiary/aromatic N) is 6. The van der Waals surface area contributed by atoms with Gasteiger partial charge in [-0.15, -0.1) is 0 Å². The maximum absolute atomic E-state index is 11.9. The number of ether oxygens (including phenoxy) is 1. The van der Waals surface area contributed by atoms with Gasteiger partial charge in [-0.1, -0.05) is 12.1 Å². The van der Waals surface area contributed by atoms with E-state index >= 15 is 0 Å². The van der Waals surface area contributed by atoms with Gasteiger partial charge in [0.2, 0.25) is 5.95 Å². The van der Waals surface area contributed by atoms with Gasteiger partial charge in [0, 0.05) is 67.7 Å². The van der Waals surface area contributed by atoms with Gasteiger partial charge in [-0.05, 0) is 41.6 Å². The van der Waals surface area contributed by atoms with Crippen LogP contribution in [-0.4, -0.2) is 75.8 Å². The molecule has 204 valence electrons. The van der Waals surface area contributed by atoms with Crippen LogP contribution in [0.3, 0.4) is 0 Å². The number of hydrogen-bond acceptors (Lipinski definition) is 10. The topological polar surface area (TPSA) is 122 Å². The minimum Gasteiger partial charge on any atom is -0.379 e. The predicted octanol–water partition coefficient (Wildman–Crippen LogP) is 3.33. The fourth-order valence-corrected chi connectivity index (χ4v) is 4.89. The monoisotopic (exact) mass is 537 g/mol. The summed E-state index contributed by atoms with van der Waals surface area (Å²) in [7, 11) is 1.77. The number of carbonyl (C=O) groups is 1. The molecule has 1 aromatic carbocycles. The zero-order valence-electron chi connectivity index (χ0n) is 22.2. The highest BCUT2D eigenvalue weighted by Crippen LogP contribution is 2.34. The summed E-state index contributed by atoms with van der Waals surface area (Å²) >= 11 is 0. The van der Waals surface area contributed by atoms with Crippen LogP contribution in [0.2, 0.25) is 0 Å². The lowest BCUT2D eigenvalue weighted by Gasteiger charge is -2.26. The van der Waals surface area contributed by atoms with E-state index in [-0.39, 0.29) is 0 Å². The highest BCUT2D eigenvalue weighted by molar-refractivity contribution is 5.80. The second-order valence-corrected chi connectivity index (χ2v) is 9.67. The van der Waals surface area contributed by atoms with Crippen LogP contribution >= 0.6 is 0 Å². The molecule has 2 aliphatic rings. The Hall–Kier alpha value is -4.61. The summed E-state index contributed by atoms with van der Waals surface area (Å²) in [4.78, 5) is 27.8. The molecule has 0 amide bonds. The number of benzene rings is 1. The number of anilines is 3. The van der Waals surface area contributed by atoms with E-state index in [9.17, 15) is 4.79 Å². The Morgan fingerprint density at radius 3 is 2.60 bits per heavy atom. The fourth-order valence-electron chi connectivity index (χ4n) is 4.89. The number of rotatable bonds is 9. The highest BCUT2D eigenvalue weighted by atomic mass is 16.5. The maximum atomic E-state index is 11.9. The molecule has 5 heterocycles. The zero-order chi connectivity index (χ0) is 27.3. The fraction of sp³-hybridized carbons (Fsp3) is 0.276. The van der Waals surface area contributed by atoms with Crippen molar-refractivity contribution in [3.05, 3.63) is 72.4 Å². The summed E-state index contributed by atoms with van der Waals surface area (Å²) in [6, 6.07) is 9.58. The molecule has 1 atom stereocenters. The van der Waals surface area contributed by atoms with E-state index < -0.39 is 6.04 Å². The molecular weight excluding hydrogens is 506 g/mol. The first-order valence-electron chi connectivity index (χ1n) is 13.3. The van der Waals surface area contributed by atoms with E-state index in [4.69, 9.17) is 9.72 Å². The molecule has 3 N–H and O–H groups in total. The molecule has 1 fully saturated rings. The van der Waals surface area contributed by atoms with Crippen LogP contribution in [0.1, 0.15) is 17.2 Å². The van der Waals surface area contributed by atoms with Crippen LogP contribution in [-0.2, 0) is 16.1 Å². The Labute approximate surface area is 232 Å². The van der Waals surface area contributed by atoms with Crippen LogP contribution in [0.25, 0.3) is 28.5 Å². The van der Waals surface area contributed by atoms with Gasteiger partial charge in [0.1, 0.15) is 18.1 Å². The van der Waals surface area contributed by atoms with Gasteiger partial charge in [0.25, 0.3) is 0 Å². The summed E-state index contributed by atoms with van der Waals surface area (Å²) in [6.07, 6.45) is 12.1. The molecule has 1 saturated heterocycles. The first-order chi connectivity index (χ1) is 19.7. The summed E-state index contributed by atoms with van der Waals surface area (Å²) < 4.78 is 7.42. The molecule has 40 heavy (non-hydrogen) atoms. The third-order valence-electron chi connectivity index (χ3n) is 7.11. The Balaban J connectivity index is 1.22. The van der Waals surface area contributed by atoms with Gasteiger partial charge < -0.3 is 25.5 Å². The van der Waals surface area contributed by atoms with Gasteiger partial charge in [0.15, 0.2) is 0 Å². The normalized spacial score (nSPS) is 16.7.